The van der Waals surface area contributed by atoms with E-state index < -0.39 is 0 Å². The van der Waals surface area contributed by atoms with Gasteiger partial charge in [-0.3, -0.25) is 9.78 Å². The number of hydrogen-bond donors (Lipinski definition) is 1. The normalized spacial score (nSPS) is 13.2. The summed E-state index contributed by atoms with van der Waals surface area (Å²) in [5, 5.41) is 7.41. The summed E-state index contributed by atoms with van der Waals surface area (Å²) in [6.07, 6.45) is 5.76. The van der Waals surface area contributed by atoms with Gasteiger partial charge in [0.25, 0.3) is 5.91 Å². The maximum Gasteiger partial charge on any atom is 0.257 e. The van der Waals surface area contributed by atoms with Crippen molar-refractivity contribution < 1.29 is 4.79 Å². The van der Waals surface area contributed by atoms with Crippen molar-refractivity contribution in [2.24, 2.45) is 0 Å². The van der Waals surface area contributed by atoms with E-state index >= 15 is 0 Å². The Morgan fingerprint density at radius 1 is 1.19 bits per heavy atom. The van der Waals surface area contributed by atoms with E-state index in [-0.39, 0.29) is 18.3 Å². The van der Waals surface area contributed by atoms with Gasteiger partial charge in [-0.05, 0) is 57.0 Å². The van der Waals surface area contributed by atoms with Gasteiger partial charge in [-0.15, -0.1) is 12.4 Å². The van der Waals surface area contributed by atoms with Gasteiger partial charge < -0.3 is 5.32 Å². The van der Waals surface area contributed by atoms with Crippen LogP contribution in [0.15, 0.2) is 42.7 Å². The molecule has 0 bridgehead atoms. The number of pyridine rings is 2. The standard InChI is InChI=1S/C19H19N5O.ClH/c1-12-10-17(14-5-6-14)24(23-12)18-8-7-15(11-21-18)22-19(25)16-4-3-9-20-13(16)2;/h3-4,7-11,14H,5-6H2,1-2H3,(H,22,25);1H. The summed E-state index contributed by atoms with van der Waals surface area (Å²) in [5.74, 6) is 1.18. The molecule has 0 radical (unpaired) electrons. The van der Waals surface area contributed by atoms with Crippen LogP contribution in [-0.2, 0) is 0 Å². The molecule has 0 unspecified atom stereocenters. The molecular formula is C19H20ClN5O. The third-order valence-corrected chi connectivity index (χ3v) is 4.33. The van der Waals surface area contributed by atoms with E-state index in [4.69, 9.17) is 0 Å². The second-order valence-electron chi connectivity index (χ2n) is 6.39. The van der Waals surface area contributed by atoms with E-state index in [9.17, 15) is 4.79 Å². The van der Waals surface area contributed by atoms with Crippen molar-refractivity contribution in [3.05, 3.63) is 65.4 Å². The zero-order valence-electron chi connectivity index (χ0n) is 14.6. The number of carbonyl (C=O) groups excluding carboxylic acids is 1. The predicted octanol–water partition coefficient (Wildman–Crippen LogP) is 3.83. The molecular weight excluding hydrogens is 350 g/mol. The Hall–Kier alpha value is -2.73. The molecule has 1 saturated carbocycles. The van der Waals surface area contributed by atoms with E-state index in [1.54, 1.807) is 24.5 Å². The van der Waals surface area contributed by atoms with Gasteiger partial charge in [-0.25, -0.2) is 9.67 Å². The van der Waals surface area contributed by atoms with Gasteiger partial charge in [0.05, 0.1) is 23.1 Å². The molecule has 1 aliphatic rings. The highest BCUT2D eigenvalue weighted by Gasteiger charge is 2.28. The van der Waals surface area contributed by atoms with Gasteiger partial charge in [0.1, 0.15) is 0 Å². The molecule has 0 aromatic carbocycles. The van der Waals surface area contributed by atoms with Gasteiger partial charge in [-0.2, -0.15) is 5.10 Å². The molecule has 0 spiro atoms. The van der Waals surface area contributed by atoms with Crippen molar-refractivity contribution in [2.75, 3.05) is 5.32 Å². The molecule has 3 aromatic heterocycles. The van der Waals surface area contributed by atoms with Crippen molar-refractivity contribution in [3.63, 3.8) is 0 Å². The number of hydrogen-bond acceptors (Lipinski definition) is 4. The average Bonchev–Trinajstić information content (AvgIpc) is 3.38. The first-order valence-electron chi connectivity index (χ1n) is 8.38. The van der Waals surface area contributed by atoms with Crippen LogP contribution in [0.1, 0.15) is 46.2 Å². The fourth-order valence-electron chi connectivity index (χ4n) is 2.88. The lowest BCUT2D eigenvalue weighted by molar-refractivity contribution is 0.102. The van der Waals surface area contributed by atoms with E-state index in [0.29, 0.717) is 22.9 Å². The van der Waals surface area contributed by atoms with Crippen LogP contribution in [0, 0.1) is 13.8 Å². The first-order valence-corrected chi connectivity index (χ1v) is 8.38. The monoisotopic (exact) mass is 369 g/mol. The summed E-state index contributed by atoms with van der Waals surface area (Å²) in [4.78, 5) is 21.0. The van der Waals surface area contributed by atoms with Crippen LogP contribution in [0.4, 0.5) is 5.69 Å². The zero-order valence-corrected chi connectivity index (χ0v) is 15.5. The number of amides is 1. The number of aromatic nitrogens is 4. The fourth-order valence-corrected chi connectivity index (χ4v) is 2.88. The molecule has 0 saturated heterocycles. The Labute approximate surface area is 158 Å². The smallest absolute Gasteiger partial charge is 0.257 e. The second kappa shape index (κ2) is 7.25. The molecule has 1 N–H and O–H groups in total. The highest BCUT2D eigenvalue weighted by molar-refractivity contribution is 6.04. The number of aryl methyl sites for hydroxylation is 2. The van der Waals surface area contributed by atoms with Gasteiger partial charge >= 0.3 is 0 Å². The number of nitrogens with zero attached hydrogens (tertiary/aromatic N) is 4. The number of anilines is 1. The molecule has 6 nitrogen and oxygen atoms in total. The van der Waals surface area contributed by atoms with Crippen molar-refractivity contribution in [3.8, 4) is 5.82 Å². The molecule has 3 heterocycles. The molecule has 0 aliphatic heterocycles. The summed E-state index contributed by atoms with van der Waals surface area (Å²) >= 11 is 0. The van der Waals surface area contributed by atoms with Crippen LogP contribution in [0.5, 0.6) is 0 Å². The first-order chi connectivity index (χ1) is 12.1. The molecule has 1 amide bonds. The lowest BCUT2D eigenvalue weighted by Gasteiger charge is -2.09. The van der Waals surface area contributed by atoms with Gasteiger partial charge in [-0.1, -0.05) is 0 Å². The Bertz CT molecular complexity index is 931. The minimum absolute atomic E-state index is 0. The van der Waals surface area contributed by atoms with Crippen molar-refractivity contribution in [1.29, 1.82) is 0 Å². The van der Waals surface area contributed by atoms with Crippen LogP contribution in [-0.4, -0.2) is 25.7 Å². The minimum Gasteiger partial charge on any atom is -0.321 e. The molecule has 3 aromatic rings. The molecule has 1 aliphatic carbocycles. The molecule has 7 heteroatoms. The Balaban J connectivity index is 0.00000196. The summed E-state index contributed by atoms with van der Waals surface area (Å²) < 4.78 is 1.91. The molecule has 26 heavy (non-hydrogen) atoms. The highest BCUT2D eigenvalue weighted by atomic mass is 35.5. The number of nitrogens with one attached hydrogen (secondary N) is 1. The molecule has 4 rings (SSSR count). The van der Waals surface area contributed by atoms with E-state index in [2.05, 4.69) is 26.4 Å². The Kier molecular flexibility index (Phi) is 5.04. The first kappa shape index (κ1) is 18.1. The van der Waals surface area contributed by atoms with E-state index in [1.165, 1.54) is 18.5 Å². The second-order valence-corrected chi connectivity index (χ2v) is 6.39. The maximum atomic E-state index is 12.3. The van der Waals surface area contributed by atoms with Gasteiger partial charge in [0.15, 0.2) is 5.82 Å². The van der Waals surface area contributed by atoms with Crippen molar-refractivity contribution in [1.82, 2.24) is 19.7 Å². The minimum atomic E-state index is -0.186. The molecule has 0 atom stereocenters. The molecule has 1 fully saturated rings. The number of carbonyl (C=O) groups is 1. The largest absolute Gasteiger partial charge is 0.321 e. The van der Waals surface area contributed by atoms with E-state index in [0.717, 1.165) is 11.5 Å². The molecule has 134 valence electrons. The van der Waals surface area contributed by atoms with Crippen LogP contribution < -0.4 is 5.32 Å². The quantitative estimate of drug-likeness (QED) is 0.758. The van der Waals surface area contributed by atoms with Crippen LogP contribution in [0.25, 0.3) is 5.82 Å². The lowest BCUT2D eigenvalue weighted by atomic mass is 10.2. The number of halogens is 1. The predicted molar refractivity (Wildman–Crippen MR) is 102 cm³/mol. The maximum absolute atomic E-state index is 12.3. The third kappa shape index (κ3) is 3.60. The van der Waals surface area contributed by atoms with Crippen molar-refractivity contribution in [2.45, 2.75) is 32.6 Å². The van der Waals surface area contributed by atoms with E-state index in [1.807, 2.05) is 30.7 Å². The van der Waals surface area contributed by atoms with Crippen LogP contribution in [0.3, 0.4) is 0 Å². The van der Waals surface area contributed by atoms with Crippen LogP contribution >= 0.6 is 12.4 Å². The fraction of sp³-hybridized carbons (Fsp3) is 0.263. The lowest BCUT2D eigenvalue weighted by Crippen LogP contribution is -2.14. The summed E-state index contributed by atoms with van der Waals surface area (Å²) in [7, 11) is 0. The zero-order chi connectivity index (χ0) is 17.4. The summed E-state index contributed by atoms with van der Waals surface area (Å²) in [6, 6.07) is 9.36. The Morgan fingerprint density at radius 3 is 2.65 bits per heavy atom. The highest BCUT2D eigenvalue weighted by Crippen LogP contribution is 2.40. The van der Waals surface area contributed by atoms with Gasteiger partial charge in [0.2, 0.25) is 0 Å². The average molecular weight is 370 g/mol. The summed E-state index contributed by atoms with van der Waals surface area (Å²) in [5.41, 5.74) is 4.12. The topological polar surface area (TPSA) is 72.7 Å². The van der Waals surface area contributed by atoms with Crippen LogP contribution in [0.2, 0.25) is 0 Å². The number of rotatable bonds is 4. The third-order valence-electron chi connectivity index (χ3n) is 4.33. The van der Waals surface area contributed by atoms with Crippen molar-refractivity contribution >= 4 is 24.0 Å². The summed E-state index contributed by atoms with van der Waals surface area (Å²) in [6.45, 7) is 3.81. The Morgan fingerprint density at radius 2 is 2.00 bits per heavy atom. The SMILES string of the molecule is Cc1cc(C2CC2)n(-c2ccc(NC(=O)c3cccnc3C)cn2)n1.Cl. The van der Waals surface area contributed by atoms with Gasteiger partial charge in [0, 0.05) is 23.5 Å².